The topological polar surface area (TPSA) is 117 Å². The van der Waals surface area contributed by atoms with E-state index in [2.05, 4.69) is 10.3 Å². The number of anilines is 1. The number of carboxylic acids is 1. The number of pyridine rings is 1. The Morgan fingerprint density at radius 1 is 1.44 bits per heavy atom. The summed E-state index contributed by atoms with van der Waals surface area (Å²) in [6, 6.07) is 2.90. The van der Waals surface area contributed by atoms with E-state index in [9.17, 15) is 13.2 Å². The highest BCUT2D eigenvalue weighted by Gasteiger charge is 2.30. The first kappa shape index (κ1) is 14.1. The molecule has 0 aliphatic carbocycles. The average molecular weight is 272 g/mol. The average Bonchev–Trinajstić information content (AvgIpc) is 2.26. The molecule has 7 nitrogen and oxygen atoms in total. The number of fused-ring (bicyclic) bond motifs is 1. The van der Waals surface area contributed by atoms with Crippen LogP contribution in [0.15, 0.2) is 23.2 Å². The first-order chi connectivity index (χ1) is 7.91. The Hall–Kier alpha value is -1.93. The van der Waals surface area contributed by atoms with Gasteiger partial charge in [0.2, 0.25) is 0 Å². The number of carbonyl (C=O) groups is 1. The molecule has 0 spiro atoms. The summed E-state index contributed by atoms with van der Waals surface area (Å²) in [4.78, 5) is 14.4. The molecular weight excluding hydrogens is 260 g/mol. The molecular formula is C10H12N2O5S. The predicted molar refractivity (Wildman–Crippen MR) is 65.6 cm³/mol. The van der Waals surface area contributed by atoms with Crippen molar-refractivity contribution in [3.63, 3.8) is 0 Å². The van der Waals surface area contributed by atoms with Crippen LogP contribution < -0.4 is 5.32 Å². The molecule has 0 unspecified atom stereocenters. The number of carboxylic acid groups (broad SMARTS) is 1. The lowest BCUT2D eigenvalue weighted by atomic mass is 10.0. The summed E-state index contributed by atoms with van der Waals surface area (Å²) in [6.07, 6.45) is 1.45. The van der Waals surface area contributed by atoms with Crippen molar-refractivity contribution in [3.8, 4) is 0 Å². The van der Waals surface area contributed by atoms with Gasteiger partial charge in [0.1, 0.15) is 10.7 Å². The molecule has 0 saturated carbocycles. The Balaban J connectivity index is 0.00000162. The van der Waals surface area contributed by atoms with Crippen LogP contribution in [0.4, 0.5) is 5.82 Å². The molecule has 0 aromatic carbocycles. The summed E-state index contributed by atoms with van der Waals surface area (Å²) in [7, 11) is -4.55. The van der Waals surface area contributed by atoms with E-state index in [4.69, 9.17) is 9.66 Å². The highest BCUT2D eigenvalue weighted by atomic mass is 32.2. The van der Waals surface area contributed by atoms with Gasteiger partial charge in [0.05, 0.1) is 12.1 Å². The van der Waals surface area contributed by atoms with Crippen molar-refractivity contribution in [3.05, 3.63) is 28.8 Å². The minimum Gasteiger partial charge on any atom is -0.478 e. The van der Waals surface area contributed by atoms with E-state index in [0.717, 1.165) is 0 Å². The maximum absolute atomic E-state index is 11.1. The number of hydrogen-bond acceptors (Lipinski definition) is 5. The van der Waals surface area contributed by atoms with E-state index in [1.165, 1.54) is 18.3 Å². The van der Waals surface area contributed by atoms with Crippen LogP contribution in [-0.4, -0.2) is 35.6 Å². The lowest BCUT2D eigenvalue weighted by Gasteiger charge is -2.19. The fourth-order valence-electron chi connectivity index (χ4n) is 1.61. The molecule has 0 bridgehead atoms. The fraction of sp³-hybridized carbons (Fsp3) is 0.200. The highest BCUT2D eigenvalue weighted by Crippen LogP contribution is 2.31. The largest absolute Gasteiger partial charge is 0.478 e. The number of aliphatic carboxylic acids is 1. The van der Waals surface area contributed by atoms with Gasteiger partial charge in [0.15, 0.2) is 0 Å². The smallest absolute Gasteiger partial charge is 0.337 e. The lowest BCUT2D eigenvalue weighted by molar-refractivity contribution is -0.130. The van der Waals surface area contributed by atoms with Crippen LogP contribution in [0.3, 0.4) is 0 Å². The Kier molecular flexibility index (Phi) is 3.73. The minimum absolute atomic E-state index is 0. The number of hydrogen-bond donors (Lipinski definition) is 3. The molecule has 2 heterocycles. The molecule has 1 aromatic heterocycles. The van der Waals surface area contributed by atoms with E-state index in [-0.39, 0.29) is 25.4 Å². The van der Waals surface area contributed by atoms with Crippen LogP contribution in [0.2, 0.25) is 0 Å². The van der Waals surface area contributed by atoms with Crippen LogP contribution in [0.25, 0.3) is 5.57 Å². The van der Waals surface area contributed by atoms with Gasteiger partial charge in [0, 0.05) is 11.8 Å². The zero-order valence-corrected chi connectivity index (χ0v) is 9.23. The third kappa shape index (κ3) is 2.34. The van der Waals surface area contributed by atoms with Crippen molar-refractivity contribution >= 4 is 27.5 Å². The molecule has 0 radical (unpaired) electrons. The standard InChI is InChI=1S/C9H8N2O5S.CH4/c12-9(13)7-5-2-1-3-10-8(5)11-4-6(7)17(14,15)16;/h1-3H,4H2,(H,10,11)(H,12,13)(H,14,15,16);1H4. The van der Waals surface area contributed by atoms with E-state index in [1.807, 2.05) is 0 Å². The van der Waals surface area contributed by atoms with Gasteiger partial charge in [-0.05, 0) is 12.1 Å². The van der Waals surface area contributed by atoms with Crippen LogP contribution >= 0.6 is 0 Å². The summed E-state index contributed by atoms with van der Waals surface area (Å²) in [6.45, 7) is -0.301. The van der Waals surface area contributed by atoms with Crippen LogP contribution in [0, 0.1) is 0 Å². The van der Waals surface area contributed by atoms with Gasteiger partial charge in [-0.3, -0.25) is 4.55 Å². The summed E-state index contributed by atoms with van der Waals surface area (Å²) in [5, 5.41) is 11.7. The van der Waals surface area contributed by atoms with Crippen molar-refractivity contribution in [1.82, 2.24) is 4.98 Å². The van der Waals surface area contributed by atoms with Gasteiger partial charge in [-0.1, -0.05) is 7.43 Å². The van der Waals surface area contributed by atoms with Gasteiger partial charge in [-0.2, -0.15) is 8.42 Å². The Morgan fingerprint density at radius 3 is 2.67 bits per heavy atom. The molecule has 0 amide bonds. The van der Waals surface area contributed by atoms with Gasteiger partial charge in [-0.25, -0.2) is 9.78 Å². The van der Waals surface area contributed by atoms with Crippen molar-refractivity contribution in [2.24, 2.45) is 0 Å². The Morgan fingerprint density at radius 2 is 2.11 bits per heavy atom. The molecule has 1 aliphatic heterocycles. The monoisotopic (exact) mass is 272 g/mol. The van der Waals surface area contributed by atoms with Crippen LogP contribution in [-0.2, 0) is 14.9 Å². The van der Waals surface area contributed by atoms with Crippen molar-refractivity contribution < 1.29 is 22.9 Å². The second-order valence-electron chi connectivity index (χ2n) is 3.33. The maximum Gasteiger partial charge on any atom is 0.337 e. The van der Waals surface area contributed by atoms with Gasteiger partial charge < -0.3 is 10.4 Å². The zero-order valence-electron chi connectivity index (χ0n) is 8.41. The molecule has 0 atom stereocenters. The minimum atomic E-state index is -4.55. The fourth-order valence-corrected chi connectivity index (χ4v) is 2.31. The molecule has 18 heavy (non-hydrogen) atoms. The zero-order chi connectivity index (χ0) is 12.6. The summed E-state index contributed by atoms with van der Waals surface area (Å²) < 4.78 is 31.1. The van der Waals surface area contributed by atoms with E-state index in [0.29, 0.717) is 0 Å². The van der Waals surface area contributed by atoms with Crippen LogP contribution in [0.5, 0.6) is 0 Å². The third-order valence-electron chi connectivity index (χ3n) is 2.30. The maximum atomic E-state index is 11.1. The summed E-state index contributed by atoms with van der Waals surface area (Å²) >= 11 is 0. The first-order valence-corrected chi connectivity index (χ1v) is 5.98. The predicted octanol–water partition coefficient (Wildman–Crippen LogP) is 0.827. The van der Waals surface area contributed by atoms with E-state index < -0.39 is 26.6 Å². The molecule has 98 valence electrons. The van der Waals surface area contributed by atoms with Crippen LogP contribution in [0.1, 0.15) is 13.0 Å². The molecule has 1 aromatic rings. The van der Waals surface area contributed by atoms with E-state index in [1.54, 1.807) is 0 Å². The Labute approximate surface area is 104 Å². The van der Waals surface area contributed by atoms with Crippen molar-refractivity contribution in [2.75, 3.05) is 11.9 Å². The van der Waals surface area contributed by atoms with E-state index >= 15 is 0 Å². The second kappa shape index (κ2) is 4.75. The molecule has 8 heteroatoms. The molecule has 3 N–H and O–H groups in total. The number of rotatable bonds is 2. The number of nitrogens with zero attached hydrogens (tertiary/aromatic N) is 1. The lowest BCUT2D eigenvalue weighted by Crippen LogP contribution is -2.23. The van der Waals surface area contributed by atoms with Gasteiger partial charge >= 0.3 is 5.97 Å². The normalized spacial score (nSPS) is 14.3. The van der Waals surface area contributed by atoms with Crippen molar-refractivity contribution in [2.45, 2.75) is 7.43 Å². The SMILES string of the molecule is C.O=C(O)C1=C(S(=O)(=O)O)CNc2ncccc21. The first-order valence-electron chi connectivity index (χ1n) is 4.54. The molecule has 1 aliphatic rings. The number of aromatic nitrogens is 1. The van der Waals surface area contributed by atoms with Gasteiger partial charge in [-0.15, -0.1) is 0 Å². The third-order valence-corrected chi connectivity index (χ3v) is 3.27. The van der Waals surface area contributed by atoms with Crippen molar-refractivity contribution in [1.29, 1.82) is 0 Å². The Bertz CT molecular complexity index is 621. The van der Waals surface area contributed by atoms with Gasteiger partial charge in [0.25, 0.3) is 10.1 Å². The summed E-state index contributed by atoms with van der Waals surface area (Å²) in [5.41, 5.74) is -0.312. The number of nitrogens with one attached hydrogen (secondary N) is 1. The molecule has 0 fully saturated rings. The highest BCUT2D eigenvalue weighted by molar-refractivity contribution is 7.90. The summed E-state index contributed by atoms with van der Waals surface area (Å²) in [5.74, 6) is -1.15. The molecule has 2 rings (SSSR count). The quantitative estimate of drug-likeness (QED) is 0.682. The molecule has 0 saturated heterocycles. The second-order valence-corrected chi connectivity index (χ2v) is 4.77.